The van der Waals surface area contributed by atoms with Gasteiger partial charge in [0.15, 0.2) is 0 Å². The Hall–Kier alpha value is -4.35. The molecule has 1 aromatic carbocycles. The van der Waals surface area contributed by atoms with Crippen LogP contribution in [0.2, 0.25) is 0 Å². The van der Waals surface area contributed by atoms with Crippen molar-refractivity contribution in [1.82, 2.24) is 25.2 Å². The molecule has 0 saturated carbocycles. The summed E-state index contributed by atoms with van der Waals surface area (Å²) in [7, 11) is 3.24. The number of rotatable bonds is 13. The number of aromatic nitrogens is 3. The van der Waals surface area contributed by atoms with Crippen LogP contribution in [-0.2, 0) is 16.1 Å². The van der Waals surface area contributed by atoms with E-state index in [-0.39, 0.29) is 5.91 Å². The first kappa shape index (κ1) is 33.5. The van der Waals surface area contributed by atoms with Crippen LogP contribution in [0.3, 0.4) is 0 Å². The molecule has 1 saturated heterocycles. The summed E-state index contributed by atoms with van der Waals surface area (Å²) in [5, 5.41) is 10.9. The number of amides is 2. The molecule has 0 aliphatic carbocycles. The molecule has 12 nitrogen and oxygen atoms in total. The van der Waals surface area contributed by atoms with Crippen LogP contribution in [0.25, 0.3) is 10.9 Å². The van der Waals surface area contributed by atoms with Gasteiger partial charge in [-0.2, -0.15) is 4.98 Å². The molecule has 0 spiro atoms. The fourth-order valence-electron chi connectivity index (χ4n) is 5.35. The zero-order valence-corrected chi connectivity index (χ0v) is 27.5. The first-order chi connectivity index (χ1) is 21.4. The number of hydrogen-bond donors (Lipinski definition) is 3. The lowest BCUT2D eigenvalue weighted by molar-refractivity contribution is -0.125. The third kappa shape index (κ3) is 8.86. The number of anilines is 2. The van der Waals surface area contributed by atoms with E-state index < -0.39 is 23.3 Å². The minimum Gasteiger partial charge on any atom is -0.497 e. The lowest BCUT2D eigenvalue weighted by Gasteiger charge is -2.33. The number of carbonyl (C=O) groups excluding carboxylic acids is 2. The maximum absolute atomic E-state index is 13.4. The fraction of sp³-hybridized carbons (Fsp3) is 0.545. The van der Waals surface area contributed by atoms with Gasteiger partial charge in [-0.15, -0.1) is 0 Å². The Bertz CT molecular complexity index is 1480. The summed E-state index contributed by atoms with van der Waals surface area (Å²) in [6.07, 6.45) is 7.03. The van der Waals surface area contributed by atoms with Gasteiger partial charge < -0.3 is 30.2 Å². The highest BCUT2D eigenvalue weighted by atomic mass is 16.6. The van der Waals surface area contributed by atoms with E-state index in [4.69, 9.17) is 24.2 Å². The number of unbranched alkanes of at least 4 members (excludes halogenated alkanes) is 1. The van der Waals surface area contributed by atoms with Gasteiger partial charge in [0.25, 0.3) is 0 Å². The Morgan fingerprint density at radius 3 is 2.60 bits per heavy atom. The maximum Gasteiger partial charge on any atom is 0.410 e. The van der Waals surface area contributed by atoms with E-state index in [1.165, 1.54) is 4.90 Å². The summed E-state index contributed by atoms with van der Waals surface area (Å²) in [4.78, 5) is 41.6. The number of nitrogens with one attached hydrogen (secondary N) is 3. The molecule has 1 fully saturated rings. The molecule has 2 aromatic heterocycles. The molecule has 3 aromatic rings. The lowest BCUT2D eigenvalue weighted by Crippen LogP contribution is -2.52. The normalized spacial score (nSPS) is 16.2. The molecule has 45 heavy (non-hydrogen) atoms. The molecule has 12 heteroatoms. The van der Waals surface area contributed by atoms with Crippen molar-refractivity contribution in [2.45, 2.75) is 90.4 Å². The van der Waals surface area contributed by atoms with E-state index in [1.807, 2.05) is 45.0 Å². The number of hydrogen-bond acceptors (Lipinski definition) is 10. The summed E-state index contributed by atoms with van der Waals surface area (Å²) < 4.78 is 16.4. The number of nitrogens with zero attached hydrogens (tertiary/aromatic N) is 4. The number of benzene rings is 1. The fourth-order valence-corrected chi connectivity index (χ4v) is 5.35. The molecule has 1 unspecified atom stereocenters. The zero-order valence-electron chi connectivity index (χ0n) is 27.5. The van der Waals surface area contributed by atoms with Crippen molar-refractivity contribution in [3.8, 4) is 11.5 Å². The van der Waals surface area contributed by atoms with Gasteiger partial charge in [-0.25, -0.2) is 9.78 Å². The number of pyridine rings is 1. The summed E-state index contributed by atoms with van der Waals surface area (Å²) in [5.74, 6) is 2.28. The molecule has 0 bridgehead atoms. The molecule has 2 atom stereocenters. The van der Waals surface area contributed by atoms with E-state index in [0.29, 0.717) is 54.8 Å². The zero-order chi connectivity index (χ0) is 32.6. The van der Waals surface area contributed by atoms with E-state index >= 15 is 0 Å². The van der Waals surface area contributed by atoms with Gasteiger partial charge in [0.1, 0.15) is 29.0 Å². The minimum atomic E-state index is -0.631. The first-order valence-electron chi connectivity index (χ1n) is 15.6. The third-order valence-corrected chi connectivity index (χ3v) is 7.77. The van der Waals surface area contributed by atoms with Crippen LogP contribution in [-0.4, -0.2) is 76.3 Å². The molecule has 3 N–H and O–H groups in total. The predicted octanol–water partition coefficient (Wildman–Crippen LogP) is 5.53. The van der Waals surface area contributed by atoms with Crippen LogP contribution < -0.4 is 25.4 Å². The van der Waals surface area contributed by atoms with Crippen molar-refractivity contribution in [3.05, 3.63) is 42.2 Å². The van der Waals surface area contributed by atoms with E-state index in [0.717, 1.165) is 36.6 Å². The van der Waals surface area contributed by atoms with Gasteiger partial charge >= 0.3 is 6.09 Å². The van der Waals surface area contributed by atoms with Gasteiger partial charge in [0.2, 0.25) is 11.9 Å². The van der Waals surface area contributed by atoms with Crippen LogP contribution in [0.4, 0.5) is 16.6 Å². The predicted molar refractivity (Wildman–Crippen MR) is 175 cm³/mol. The van der Waals surface area contributed by atoms with Crippen molar-refractivity contribution in [2.75, 3.05) is 37.9 Å². The van der Waals surface area contributed by atoms with Gasteiger partial charge in [-0.05, 0) is 65.2 Å². The van der Waals surface area contributed by atoms with Crippen molar-refractivity contribution >= 4 is 34.7 Å². The average Bonchev–Trinajstić information content (AvgIpc) is 3.51. The highest BCUT2D eigenvalue weighted by molar-refractivity contribution is 5.90. The Kier molecular flexibility index (Phi) is 10.9. The van der Waals surface area contributed by atoms with Crippen LogP contribution in [0.5, 0.6) is 11.5 Å². The molecule has 0 radical (unpaired) electrons. The number of carbonyl (C=O) groups is 2. The van der Waals surface area contributed by atoms with Crippen molar-refractivity contribution < 1.29 is 23.8 Å². The average molecular weight is 622 g/mol. The summed E-state index contributed by atoms with van der Waals surface area (Å²) in [5.41, 5.74) is 0.431. The highest BCUT2D eigenvalue weighted by Crippen LogP contribution is 2.29. The maximum atomic E-state index is 13.4. The topological polar surface area (TPSA) is 140 Å². The van der Waals surface area contributed by atoms with Gasteiger partial charge in [-0.1, -0.05) is 19.8 Å². The first-order valence-corrected chi connectivity index (χ1v) is 15.6. The second-order valence-corrected chi connectivity index (χ2v) is 12.7. The Morgan fingerprint density at radius 1 is 1.09 bits per heavy atom. The smallest absolute Gasteiger partial charge is 0.410 e. The highest BCUT2D eigenvalue weighted by Gasteiger charge is 2.37. The number of methoxy groups -OCH3 is 2. The minimum absolute atomic E-state index is 0.185. The second-order valence-electron chi connectivity index (χ2n) is 12.7. The lowest BCUT2D eigenvalue weighted by atomic mass is 9.94. The molecule has 1 aliphatic heterocycles. The third-order valence-electron chi connectivity index (χ3n) is 7.77. The van der Waals surface area contributed by atoms with Gasteiger partial charge in [0, 0.05) is 42.8 Å². The molecule has 3 heterocycles. The Labute approximate surface area is 265 Å². The summed E-state index contributed by atoms with van der Waals surface area (Å²) in [6, 6.07) is 6.96. The SMILES string of the molecule is CCCCC(C)(CNC(=O)[C@@H]1CCCN1C(=O)OC(C)(C)C)Nc1nc(NCc2ccc(OC)cc2OC)nc2cnccc12. The largest absolute Gasteiger partial charge is 0.497 e. The summed E-state index contributed by atoms with van der Waals surface area (Å²) in [6.45, 7) is 11.0. The van der Waals surface area contributed by atoms with Crippen LogP contribution in [0.15, 0.2) is 36.7 Å². The Morgan fingerprint density at radius 2 is 1.89 bits per heavy atom. The number of likely N-dealkylation sites (tertiary alicyclic amines) is 1. The van der Waals surface area contributed by atoms with E-state index in [9.17, 15) is 9.59 Å². The molecule has 1 aliphatic rings. The van der Waals surface area contributed by atoms with Crippen LogP contribution in [0, 0.1) is 0 Å². The molecule has 244 valence electrons. The number of fused-ring (bicyclic) bond motifs is 1. The van der Waals surface area contributed by atoms with Crippen molar-refractivity contribution in [2.24, 2.45) is 0 Å². The standard InChI is InChI=1S/C33H47N7O5/c1-8-9-15-33(5,21-36-29(41)26-11-10-17-40(26)31(42)45-32(2,3)4)39-28-24-14-16-34-20-25(24)37-30(38-28)35-19-22-12-13-23(43-6)18-27(22)44-7/h12-14,16,18,20,26H,8-11,15,17,19,21H2,1-7H3,(H,36,41)(H2,35,37,38,39)/t26-,33?/m0/s1. The van der Waals surface area contributed by atoms with Crippen LogP contribution in [0.1, 0.15) is 72.3 Å². The Balaban J connectivity index is 1.53. The van der Waals surface area contributed by atoms with Crippen molar-refractivity contribution in [3.63, 3.8) is 0 Å². The second kappa shape index (κ2) is 14.6. The van der Waals surface area contributed by atoms with Gasteiger partial charge in [-0.3, -0.25) is 14.7 Å². The van der Waals surface area contributed by atoms with E-state index in [2.05, 4.69) is 34.8 Å². The van der Waals surface area contributed by atoms with Gasteiger partial charge in [0.05, 0.1) is 31.5 Å². The molecule has 4 rings (SSSR count). The monoisotopic (exact) mass is 621 g/mol. The number of ether oxygens (including phenoxy) is 3. The van der Waals surface area contributed by atoms with Crippen molar-refractivity contribution in [1.29, 1.82) is 0 Å². The molecule has 2 amide bonds. The summed E-state index contributed by atoms with van der Waals surface area (Å²) >= 11 is 0. The van der Waals surface area contributed by atoms with Crippen LogP contribution >= 0.6 is 0 Å². The molecular formula is C33H47N7O5. The molecular weight excluding hydrogens is 574 g/mol. The quantitative estimate of drug-likeness (QED) is 0.223. The van der Waals surface area contributed by atoms with E-state index in [1.54, 1.807) is 26.6 Å².